The van der Waals surface area contributed by atoms with Crippen molar-refractivity contribution in [2.75, 3.05) is 31.7 Å². The number of hydrogen-bond acceptors (Lipinski definition) is 5. The van der Waals surface area contributed by atoms with E-state index < -0.39 is 0 Å². The summed E-state index contributed by atoms with van der Waals surface area (Å²) in [6.07, 6.45) is 0. The van der Waals surface area contributed by atoms with Crippen LogP contribution in [-0.2, 0) is 9.59 Å². The molecule has 6 nitrogen and oxygen atoms in total. The Morgan fingerprint density at radius 2 is 1.72 bits per heavy atom. The number of aliphatic hydroxyl groups is 1. The van der Waals surface area contributed by atoms with E-state index in [1.807, 2.05) is 32.9 Å². The highest BCUT2D eigenvalue weighted by Gasteiger charge is 2.42. The highest BCUT2D eigenvalue weighted by Crippen LogP contribution is 2.36. The van der Waals surface area contributed by atoms with Crippen LogP contribution in [0, 0.1) is 13.8 Å². The van der Waals surface area contributed by atoms with Gasteiger partial charge in [-0.05, 0) is 55.7 Å². The summed E-state index contributed by atoms with van der Waals surface area (Å²) in [6, 6.07) is 12.7. The third kappa shape index (κ3) is 3.76. The van der Waals surface area contributed by atoms with Gasteiger partial charge in [0, 0.05) is 13.6 Å². The minimum absolute atomic E-state index is 0.124. The minimum Gasteiger partial charge on any atom is -0.494 e. The second-order valence-corrected chi connectivity index (χ2v) is 6.99. The fraction of sp³-hybridized carbons (Fsp3) is 0.304. The van der Waals surface area contributed by atoms with Crippen LogP contribution in [0.1, 0.15) is 23.6 Å². The molecule has 1 aliphatic rings. The van der Waals surface area contributed by atoms with E-state index >= 15 is 0 Å². The predicted molar refractivity (Wildman–Crippen MR) is 113 cm³/mol. The summed E-state index contributed by atoms with van der Waals surface area (Å²) in [6.45, 7) is 6.42. The molecule has 0 fully saturated rings. The van der Waals surface area contributed by atoms with Crippen LogP contribution >= 0.6 is 0 Å². The van der Waals surface area contributed by atoms with Gasteiger partial charge in [-0.1, -0.05) is 24.3 Å². The van der Waals surface area contributed by atoms with Crippen molar-refractivity contribution in [3.63, 3.8) is 0 Å². The fourth-order valence-corrected chi connectivity index (χ4v) is 3.48. The van der Waals surface area contributed by atoms with E-state index in [0.717, 1.165) is 11.1 Å². The molecule has 3 rings (SSSR count). The highest BCUT2D eigenvalue weighted by atomic mass is 16.5. The summed E-state index contributed by atoms with van der Waals surface area (Å²) in [5, 5.41) is 9.37. The molecule has 0 saturated carbocycles. The number of rotatable bonds is 7. The number of aryl methyl sites for hydroxylation is 1. The Labute approximate surface area is 171 Å². The SMILES string of the molecule is CCOc1ccc(C2=C(N(C)CCO)C(=O)N(c3cccc(C)c3C)C2=O)cc1. The molecule has 0 aromatic heterocycles. The molecule has 0 radical (unpaired) electrons. The van der Waals surface area contributed by atoms with Crippen LogP contribution < -0.4 is 9.64 Å². The first-order valence-electron chi connectivity index (χ1n) is 9.65. The van der Waals surface area contributed by atoms with Crippen LogP contribution in [0.4, 0.5) is 5.69 Å². The van der Waals surface area contributed by atoms with Gasteiger partial charge in [0.15, 0.2) is 0 Å². The summed E-state index contributed by atoms with van der Waals surface area (Å²) >= 11 is 0. The lowest BCUT2D eigenvalue weighted by molar-refractivity contribution is -0.120. The van der Waals surface area contributed by atoms with E-state index in [4.69, 9.17) is 4.74 Å². The van der Waals surface area contributed by atoms with E-state index in [0.29, 0.717) is 29.2 Å². The number of carbonyl (C=O) groups is 2. The van der Waals surface area contributed by atoms with Crippen LogP contribution in [0.25, 0.3) is 5.57 Å². The van der Waals surface area contributed by atoms with Crippen molar-refractivity contribution >= 4 is 23.1 Å². The van der Waals surface area contributed by atoms with E-state index in [-0.39, 0.29) is 30.7 Å². The van der Waals surface area contributed by atoms with Crippen molar-refractivity contribution in [3.05, 3.63) is 64.9 Å². The molecule has 2 aromatic rings. The Hall–Kier alpha value is -3.12. The lowest BCUT2D eigenvalue weighted by Gasteiger charge is -2.21. The van der Waals surface area contributed by atoms with Crippen molar-refractivity contribution in [2.45, 2.75) is 20.8 Å². The van der Waals surface area contributed by atoms with Gasteiger partial charge in [0.25, 0.3) is 11.8 Å². The Balaban J connectivity index is 2.11. The van der Waals surface area contributed by atoms with Crippen molar-refractivity contribution in [2.24, 2.45) is 0 Å². The molecule has 0 atom stereocenters. The van der Waals surface area contributed by atoms with Crippen LogP contribution in [0.15, 0.2) is 48.2 Å². The van der Waals surface area contributed by atoms with Gasteiger partial charge in [0.2, 0.25) is 0 Å². The van der Waals surface area contributed by atoms with Gasteiger partial charge in [0.05, 0.1) is 24.5 Å². The molecule has 0 spiro atoms. The van der Waals surface area contributed by atoms with Gasteiger partial charge < -0.3 is 14.7 Å². The molecule has 1 heterocycles. The summed E-state index contributed by atoms with van der Waals surface area (Å²) in [4.78, 5) is 29.7. The average Bonchev–Trinajstić information content (AvgIpc) is 2.96. The maximum absolute atomic E-state index is 13.4. The first-order chi connectivity index (χ1) is 13.9. The maximum atomic E-state index is 13.4. The second-order valence-electron chi connectivity index (χ2n) is 6.99. The van der Waals surface area contributed by atoms with Crippen molar-refractivity contribution < 1.29 is 19.4 Å². The predicted octanol–water partition coefficient (Wildman–Crippen LogP) is 2.91. The molecule has 29 heavy (non-hydrogen) atoms. The quantitative estimate of drug-likeness (QED) is 0.732. The lowest BCUT2D eigenvalue weighted by Crippen LogP contribution is -2.35. The normalized spacial score (nSPS) is 14.0. The largest absolute Gasteiger partial charge is 0.494 e. The number of hydrogen-bond donors (Lipinski definition) is 1. The number of imide groups is 1. The number of carbonyl (C=O) groups excluding carboxylic acids is 2. The number of anilines is 1. The van der Waals surface area contributed by atoms with Crippen molar-refractivity contribution in [1.29, 1.82) is 0 Å². The molecule has 0 saturated heterocycles. The van der Waals surface area contributed by atoms with Gasteiger partial charge in [-0.15, -0.1) is 0 Å². The number of likely N-dealkylation sites (N-methyl/N-ethyl adjacent to an activating group) is 1. The summed E-state index contributed by atoms with van der Waals surface area (Å²) in [5.41, 5.74) is 3.72. The first-order valence-corrected chi connectivity index (χ1v) is 9.65. The van der Waals surface area contributed by atoms with Crippen LogP contribution in [0.2, 0.25) is 0 Å². The average molecular weight is 394 g/mol. The zero-order valence-electron chi connectivity index (χ0n) is 17.2. The molecule has 1 aliphatic heterocycles. The zero-order valence-corrected chi connectivity index (χ0v) is 17.2. The van der Waals surface area contributed by atoms with Crippen molar-refractivity contribution in [1.82, 2.24) is 4.90 Å². The van der Waals surface area contributed by atoms with Crippen LogP contribution in [-0.4, -0.2) is 48.6 Å². The topological polar surface area (TPSA) is 70.1 Å². The number of amides is 2. The molecule has 0 bridgehead atoms. The second kappa shape index (κ2) is 8.49. The lowest BCUT2D eigenvalue weighted by atomic mass is 10.0. The summed E-state index contributed by atoms with van der Waals surface area (Å²) in [5.74, 6) is -0.0542. The molecule has 152 valence electrons. The first kappa shape index (κ1) is 20.6. The highest BCUT2D eigenvalue weighted by molar-refractivity contribution is 6.45. The summed E-state index contributed by atoms with van der Waals surface area (Å²) in [7, 11) is 1.71. The molecule has 6 heteroatoms. The van der Waals surface area contributed by atoms with E-state index in [1.54, 1.807) is 42.3 Å². The number of ether oxygens (including phenoxy) is 1. The number of nitrogens with zero attached hydrogens (tertiary/aromatic N) is 2. The Morgan fingerprint density at radius 1 is 1.03 bits per heavy atom. The van der Waals surface area contributed by atoms with Gasteiger partial charge in [-0.3, -0.25) is 9.59 Å². The smallest absolute Gasteiger partial charge is 0.282 e. The van der Waals surface area contributed by atoms with Gasteiger partial charge in [0.1, 0.15) is 11.4 Å². The standard InChI is InChI=1S/C23H26N2O4/c1-5-29-18-11-9-17(10-12-18)20-21(24(4)13-14-26)23(28)25(22(20)27)19-8-6-7-15(2)16(19)3/h6-12,26H,5,13-14H2,1-4H3. The third-order valence-electron chi connectivity index (χ3n) is 5.15. The minimum atomic E-state index is -0.386. The van der Waals surface area contributed by atoms with E-state index in [9.17, 15) is 14.7 Å². The molecular weight excluding hydrogens is 368 g/mol. The zero-order chi connectivity index (χ0) is 21.1. The van der Waals surface area contributed by atoms with Crippen molar-refractivity contribution in [3.8, 4) is 5.75 Å². The Kier molecular flexibility index (Phi) is 6.03. The third-order valence-corrected chi connectivity index (χ3v) is 5.15. The van der Waals surface area contributed by atoms with Gasteiger partial charge in [-0.25, -0.2) is 4.90 Å². The molecule has 0 unspecified atom stereocenters. The maximum Gasteiger partial charge on any atom is 0.282 e. The molecule has 1 N–H and O–H groups in total. The Bertz CT molecular complexity index is 963. The van der Waals surface area contributed by atoms with Gasteiger partial charge in [-0.2, -0.15) is 0 Å². The number of aliphatic hydroxyl groups excluding tert-OH is 1. The van der Waals surface area contributed by atoms with Gasteiger partial charge >= 0.3 is 0 Å². The molecule has 2 aromatic carbocycles. The summed E-state index contributed by atoms with van der Waals surface area (Å²) < 4.78 is 5.48. The molecule has 0 aliphatic carbocycles. The van der Waals surface area contributed by atoms with Crippen LogP contribution in [0.3, 0.4) is 0 Å². The fourth-order valence-electron chi connectivity index (χ4n) is 3.48. The Morgan fingerprint density at radius 3 is 2.34 bits per heavy atom. The molecule has 2 amide bonds. The monoisotopic (exact) mass is 394 g/mol. The number of benzene rings is 2. The van der Waals surface area contributed by atoms with E-state index in [1.165, 1.54) is 4.90 Å². The van der Waals surface area contributed by atoms with Crippen LogP contribution in [0.5, 0.6) is 5.75 Å². The molecular formula is C23H26N2O4. The van der Waals surface area contributed by atoms with E-state index in [2.05, 4.69) is 0 Å².